The quantitative estimate of drug-likeness (QED) is 0.349. The van der Waals surface area contributed by atoms with Gasteiger partial charge in [-0.05, 0) is 0 Å². The van der Waals surface area contributed by atoms with E-state index in [4.69, 9.17) is 4.74 Å². The fourth-order valence-electron chi connectivity index (χ4n) is 1.30. The Labute approximate surface area is 117 Å². The Morgan fingerprint density at radius 1 is 1.18 bits per heavy atom. The lowest BCUT2D eigenvalue weighted by Gasteiger charge is -2.19. The van der Waals surface area contributed by atoms with Gasteiger partial charge in [0.25, 0.3) is 0 Å². The van der Waals surface area contributed by atoms with Gasteiger partial charge in [0.05, 0.1) is 8.07 Å². The molecular weight excluding hydrogens is 343 g/mol. The summed E-state index contributed by atoms with van der Waals surface area (Å²) in [6, 6.07) is 9.80. The molecule has 92 valence electrons. The van der Waals surface area contributed by atoms with Gasteiger partial charge in [-0.1, -0.05) is 72.6 Å². The summed E-state index contributed by atoms with van der Waals surface area (Å²) >= 11 is 2.31. The topological polar surface area (TPSA) is 26.3 Å². The second-order valence-electron chi connectivity index (χ2n) is 4.85. The van der Waals surface area contributed by atoms with Crippen LogP contribution in [0, 0.1) is 0 Å². The number of benzene rings is 1. The maximum absolute atomic E-state index is 11.2. The van der Waals surface area contributed by atoms with Gasteiger partial charge in [-0.3, -0.25) is 4.79 Å². The summed E-state index contributed by atoms with van der Waals surface area (Å²) in [4.78, 5) is 11.2. The van der Waals surface area contributed by atoms with Gasteiger partial charge in [-0.2, -0.15) is 0 Å². The molecule has 0 atom stereocenters. The van der Waals surface area contributed by atoms with Gasteiger partial charge < -0.3 is 4.74 Å². The molecule has 2 nitrogen and oxygen atoms in total. The van der Waals surface area contributed by atoms with E-state index in [1.165, 1.54) is 10.1 Å². The molecule has 0 aliphatic rings. The number of esters is 1. The number of hydrogen-bond donors (Lipinski definition) is 0. The standard InChI is InChI=1S/C13H17IO2Si/c1-10(15)16-12(13(14)17(2,3)4)11-8-6-5-7-9-11/h5-9H,1-4H3/b13-12-. The Morgan fingerprint density at radius 2 is 1.71 bits per heavy atom. The molecule has 0 bridgehead atoms. The maximum Gasteiger partial charge on any atom is 0.308 e. The van der Waals surface area contributed by atoms with Crippen molar-refractivity contribution in [2.45, 2.75) is 26.6 Å². The lowest BCUT2D eigenvalue weighted by molar-refractivity contribution is -0.134. The first-order chi connectivity index (χ1) is 7.82. The average Bonchev–Trinajstić information content (AvgIpc) is 2.24. The van der Waals surface area contributed by atoms with E-state index in [0.29, 0.717) is 0 Å². The largest absolute Gasteiger partial charge is 0.426 e. The third-order valence-electron chi connectivity index (χ3n) is 2.14. The number of carbonyl (C=O) groups excluding carboxylic acids is 1. The van der Waals surface area contributed by atoms with Crippen molar-refractivity contribution in [3.63, 3.8) is 0 Å². The zero-order valence-electron chi connectivity index (χ0n) is 10.6. The normalized spacial score (nSPS) is 13.0. The summed E-state index contributed by atoms with van der Waals surface area (Å²) in [5.41, 5.74) is 0.967. The van der Waals surface area contributed by atoms with Crippen LogP contribution in [0.3, 0.4) is 0 Å². The lowest BCUT2D eigenvalue weighted by Crippen LogP contribution is -2.22. The predicted molar refractivity (Wildman–Crippen MR) is 82.5 cm³/mol. The van der Waals surface area contributed by atoms with Crippen molar-refractivity contribution in [3.8, 4) is 0 Å². The first kappa shape index (κ1) is 14.4. The first-order valence-electron chi connectivity index (χ1n) is 5.46. The Kier molecular flexibility index (Phi) is 4.94. The SMILES string of the molecule is CC(=O)O/C(=C(/I)[Si](C)(C)C)c1ccccc1. The molecule has 0 aromatic heterocycles. The highest BCUT2D eigenvalue weighted by atomic mass is 127. The van der Waals surface area contributed by atoms with Gasteiger partial charge in [0, 0.05) is 15.7 Å². The van der Waals surface area contributed by atoms with Crippen LogP contribution in [-0.4, -0.2) is 14.0 Å². The molecule has 0 saturated carbocycles. The van der Waals surface area contributed by atoms with Crippen LogP contribution < -0.4 is 0 Å². The van der Waals surface area contributed by atoms with Crippen molar-refractivity contribution in [3.05, 3.63) is 39.1 Å². The van der Waals surface area contributed by atoms with Gasteiger partial charge in [-0.25, -0.2) is 0 Å². The van der Waals surface area contributed by atoms with E-state index in [9.17, 15) is 4.79 Å². The molecule has 0 aliphatic heterocycles. The van der Waals surface area contributed by atoms with Crippen molar-refractivity contribution in [2.24, 2.45) is 0 Å². The molecular formula is C13H17IO2Si. The maximum atomic E-state index is 11.2. The highest BCUT2D eigenvalue weighted by molar-refractivity contribution is 14.1. The smallest absolute Gasteiger partial charge is 0.308 e. The van der Waals surface area contributed by atoms with E-state index in [1.807, 2.05) is 30.3 Å². The van der Waals surface area contributed by atoms with Crippen LogP contribution in [0.1, 0.15) is 12.5 Å². The minimum atomic E-state index is -1.48. The molecule has 1 aromatic carbocycles. The first-order valence-corrected chi connectivity index (χ1v) is 10.0. The zero-order valence-corrected chi connectivity index (χ0v) is 13.7. The fraction of sp³-hybridized carbons (Fsp3) is 0.308. The van der Waals surface area contributed by atoms with Crippen molar-refractivity contribution >= 4 is 42.4 Å². The minimum Gasteiger partial charge on any atom is -0.426 e. The van der Waals surface area contributed by atoms with Gasteiger partial charge >= 0.3 is 5.97 Å². The fourth-order valence-corrected chi connectivity index (χ4v) is 2.60. The highest BCUT2D eigenvalue weighted by Gasteiger charge is 2.24. The summed E-state index contributed by atoms with van der Waals surface area (Å²) in [5, 5.41) is 0. The molecule has 0 unspecified atom stereocenters. The zero-order chi connectivity index (χ0) is 13.1. The van der Waals surface area contributed by atoms with E-state index in [0.717, 1.165) is 11.3 Å². The van der Waals surface area contributed by atoms with Gasteiger partial charge in [0.15, 0.2) is 0 Å². The van der Waals surface area contributed by atoms with Crippen molar-refractivity contribution in [1.82, 2.24) is 0 Å². The Hall–Kier alpha value is -0.623. The number of halogens is 1. The molecule has 1 rings (SSSR count). The summed E-state index contributed by atoms with van der Waals surface area (Å²) in [6.07, 6.45) is 0. The molecule has 0 aliphatic carbocycles. The van der Waals surface area contributed by atoms with Crippen molar-refractivity contribution < 1.29 is 9.53 Å². The second kappa shape index (κ2) is 5.82. The van der Waals surface area contributed by atoms with E-state index in [-0.39, 0.29) is 5.97 Å². The van der Waals surface area contributed by atoms with Crippen LogP contribution in [0.4, 0.5) is 0 Å². The van der Waals surface area contributed by atoms with E-state index >= 15 is 0 Å². The number of rotatable bonds is 3. The predicted octanol–water partition coefficient (Wildman–Crippen LogP) is 4.23. The van der Waals surface area contributed by atoms with E-state index in [1.54, 1.807) is 0 Å². The van der Waals surface area contributed by atoms with Crippen LogP contribution in [0.2, 0.25) is 19.6 Å². The third kappa shape index (κ3) is 4.27. The molecule has 0 spiro atoms. The molecule has 0 saturated heterocycles. The van der Waals surface area contributed by atoms with E-state index in [2.05, 4.69) is 42.2 Å². The minimum absolute atomic E-state index is 0.267. The number of ether oxygens (including phenoxy) is 1. The molecule has 0 heterocycles. The summed E-state index contributed by atoms with van der Waals surface area (Å²) in [7, 11) is -1.48. The molecule has 0 amide bonds. The third-order valence-corrected chi connectivity index (χ3v) is 9.03. The summed E-state index contributed by atoms with van der Waals surface area (Å²) in [6.45, 7) is 8.15. The Bertz CT molecular complexity index is 432. The average molecular weight is 360 g/mol. The highest BCUT2D eigenvalue weighted by Crippen LogP contribution is 2.31. The van der Waals surface area contributed by atoms with Gasteiger partial charge in [0.1, 0.15) is 5.76 Å². The number of hydrogen-bond acceptors (Lipinski definition) is 2. The second-order valence-corrected chi connectivity index (χ2v) is 11.9. The van der Waals surface area contributed by atoms with Gasteiger partial charge in [0.2, 0.25) is 0 Å². The molecule has 17 heavy (non-hydrogen) atoms. The molecule has 0 N–H and O–H groups in total. The molecule has 1 aromatic rings. The van der Waals surface area contributed by atoms with Crippen LogP contribution >= 0.6 is 22.6 Å². The molecule has 0 fully saturated rings. The van der Waals surface area contributed by atoms with Crippen molar-refractivity contribution in [1.29, 1.82) is 0 Å². The lowest BCUT2D eigenvalue weighted by atomic mass is 10.2. The van der Waals surface area contributed by atoms with Crippen LogP contribution in [-0.2, 0) is 9.53 Å². The molecule has 0 radical (unpaired) electrons. The monoisotopic (exact) mass is 360 g/mol. The van der Waals surface area contributed by atoms with E-state index < -0.39 is 8.07 Å². The Morgan fingerprint density at radius 3 is 2.12 bits per heavy atom. The van der Waals surface area contributed by atoms with Crippen molar-refractivity contribution in [2.75, 3.05) is 0 Å². The van der Waals surface area contributed by atoms with Crippen LogP contribution in [0.15, 0.2) is 33.5 Å². The van der Waals surface area contributed by atoms with Crippen LogP contribution in [0.5, 0.6) is 0 Å². The van der Waals surface area contributed by atoms with Crippen LogP contribution in [0.25, 0.3) is 5.76 Å². The van der Waals surface area contributed by atoms with Gasteiger partial charge in [-0.15, -0.1) is 0 Å². The summed E-state index contributed by atoms with van der Waals surface area (Å²) in [5.74, 6) is 0.453. The Balaban J connectivity index is 3.27. The molecule has 4 heteroatoms. The summed E-state index contributed by atoms with van der Waals surface area (Å²) < 4.78 is 6.57. The number of carbonyl (C=O) groups is 1.